The molecule has 0 fully saturated rings. The first-order chi connectivity index (χ1) is 12.7. The third-order valence-electron chi connectivity index (χ3n) is 3.61. The number of hydrogen-bond donors (Lipinski definition) is 3. The minimum absolute atomic E-state index is 0. The maximum Gasteiger partial charge on any atom is 0.224 e. The van der Waals surface area contributed by atoms with E-state index in [1.807, 2.05) is 13.8 Å². The van der Waals surface area contributed by atoms with Crippen LogP contribution in [-0.2, 0) is 21.1 Å². The van der Waals surface area contributed by atoms with Crippen molar-refractivity contribution in [2.24, 2.45) is 4.99 Å². The van der Waals surface area contributed by atoms with Crippen LogP contribution in [0.4, 0.5) is 4.39 Å². The van der Waals surface area contributed by atoms with E-state index in [1.54, 1.807) is 12.1 Å². The number of nitrogens with one attached hydrogen (secondary N) is 3. The molecule has 0 aliphatic carbocycles. The van der Waals surface area contributed by atoms with E-state index in [1.165, 1.54) is 18.4 Å². The number of nitrogens with zero attached hydrogens (tertiary/aromatic N) is 1. The Morgan fingerprint density at radius 1 is 1.29 bits per heavy atom. The maximum absolute atomic E-state index is 13.1. The molecular weight excluding hydrogens is 498 g/mol. The van der Waals surface area contributed by atoms with Gasteiger partial charge in [-0.1, -0.05) is 12.1 Å². The molecule has 0 aliphatic heterocycles. The number of hydrogen-bond acceptors (Lipinski definition) is 4. The molecule has 0 saturated carbocycles. The van der Waals surface area contributed by atoms with Crippen LogP contribution in [0.25, 0.3) is 0 Å². The van der Waals surface area contributed by atoms with E-state index in [0.717, 1.165) is 0 Å². The second kappa shape index (κ2) is 13.7. The minimum Gasteiger partial charge on any atom is -0.357 e. The zero-order valence-electron chi connectivity index (χ0n) is 16.5. The summed E-state index contributed by atoms with van der Waals surface area (Å²) in [6.45, 7) is 5.19. The lowest BCUT2D eigenvalue weighted by Crippen LogP contribution is -2.43. The fourth-order valence-corrected chi connectivity index (χ4v) is 3.06. The van der Waals surface area contributed by atoms with Crippen LogP contribution in [0.15, 0.2) is 29.3 Å². The number of sulfone groups is 1. The number of carbonyl (C=O) groups excluding carboxylic acids is 1. The Labute approximate surface area is 183 Å². The third kappa shape index (κ3) is 12.9. The van der Waals surface area contributed by atoms with Gasteiger partial charge >= 0.3 is 0 Å². The Morgan fingerprint density at radius 3 is 2.61 bits per heavy atom. The predicted molar refractivity (Wildman–Crippen MR) is 121 cm³/mol. The van der Waals surface area contributed by atoms with Crippen molar-refractivity contribution in [3.63, 3.8) is 0 Å². The Bertz CT molecular complexity index is 744. The largest absolute Gasteiger partial charge is 0.357 e. The van der Waals surface area contributed by atoms with E-state index in [9.17, 15) is 17.6 Å². The number of rotatable bonds is 10. The van der Waals surface area contributed by atoms with Gasteiger partial charge in [-0.25, -0.2) is 12.8 Å². The topological polar surface area (TPSA) is 99.7 Å². The second-order valence-electron chi connectivity index (χ2n) is 6.38. The summed E-state index contributed by atoms with van der Waals surface area (Å²) in [5, 5.41) is 8.97. The smallest absolute Gasteiger partial charge is 0.224 e. The van der Waals surface area contributed by atoms with Crippen molar-refractivity contribution < 1.29 is 17.6 Å². The van der Waals surface area contributed by atoms with Crippen LogP contribution < -0.4 is 16.0 Å². The van der Waals surface area contributed by atoms with Gasteiger partial charge in [0.1, 0.15) is 15.7 Å². The van der Waals surface area contributed by atoms with Crippen LogP contribution in [-0.4, -0.2) is 58.0 Å². The van der Waals surface area contributed by atoms with Gasteiger partial charge in [0.2, 0.25) is 5.91 Å². The average molecular weight is 528 g/mol. The molecular formula is C18H30FIN4O3S. The summed E-state index contributed by atoms with van der Waals surface area (Å²) < 4.78 is 35.6. The molecule has 0 heterocycles. The summed E-state index contributed by atoms with van der Waals surface area (Å²) in [5.41, 5.74) is 0.616. The average Bonchev–Trinajstić information content (AvgIpc) is 2.56. The van der Waals surface area contributed by atoms with Crippen LogP contribution in [0.3, 0.4) is 0 Å². The number of carbonyl (C=O) groups is 1. The molecule has 1 aromatic rings. The molecule has 0 aromatic heterocycles. The Morgan fingerprint density at radius 2 is 2.00 bits per heavy atom. The van der Waals surface area contributed by atoms with E-state index in [-0.39, 0.29) is 53.9 Å². The van der Waals surface area contributed by atoms with Crippen LogP contribution in [0.5, 0.6) is 0 Å². The van der Waals surface area contributed by atoms with Crippen LogP contribution in [0.1, 0.15) is 25.8 Å². The third-order valence-corrected chi connectivity index (χ3v) is 4.58. The summed E-state index contributed by atoms with van der Waals surface area (Å²) in [7, 11) is -3.00. The number of amides is 1. The van der Waals surface area contributed by atoms with Gasteiger partial charge in [0.25, 0.3) is 0 Å². The van der Waals surface area contributed by atoms with Gasteiger partial charge in [-0.05, 0) is 38.0 Å². The van der Waals surface area contributed by atoms with Gasteiger partial charge < -0.3 is 16.0 Å². The first kappa shape index (κ1) is 26.6. The lowest BCUT2D eigenvalue weighted by atomic mass is 10.1. The highest BCUT2D eigenvalue weighted by Gasteiger charge is 2.09. The SMILES string of the molecule is CCNC(=NCCNC(=O)Cc1cccc(F)c1)NC(C)CCS(C)(=O)=O.I. The zero-order chi connectivity index (χ0) is 20.3. The maximum atomic E-state index is 13.1. The van der Waals surface area contributed by atoms with Crippen molar-refractivity contribution >= 4 is 45.7 Å². The molecule has 160 valence electrons. The lowest BCUT2D eigenvalue weighted by molar-refractivity contribution is -0.120. The second-order valence-corrected chi connectivity index (χ2v) is 8.64. The molecule has 1 atom stereocenters. The molecule has 1 rings (SSSR count). The molecule has 1 unspecified atom stereocenters. The standard InChI is InChI=1S/C18H29FN4O3S.HI/c1-4-20-18(23-14(2)8-11-27(3,25)26)22-10-9-21-17(24)13-15-6-5-7-16(19)12-15;/h5-7,12,14H,4,8-11,13H2,1-3H3,(H,21,24)(H2,20,22,23);1H. The molecule has 0 spiro atoms. The van der Waals surface area contributed by atoms with Crippen molar-refractivity contribution in [3.8, 4) is 0 Å². The van der Waals surface area contributed by atoms with Crippen LogP contribution in [0, 0.1) is 5.82 Å². The highest BCUT2D eigenvalue weighted by molar-refractivity contribution is 14.0. The van der Waals surface area contributed by atoms with Crippen LogP contribution >= 0.6 is 24.0 Å². The Hall–Kier alpha value is -1.43. The van der Waals surface area contributed by atoms with E-state index >= 15 is 0 Å². The van der Waals surface area contributed by atoms with E-state index in [2.05, 4.69) is 20.9 Å². The molecule has 7 nitrogen and oxygen atoms in total. The molecule has 3 N–H and O–H groups in total. The lowest BCUT2D eigenvalue weighted by Gasteiger charge is -2.17. The number of halogens is 2. The van der Waals surface area contributed by atoms with Crippen molar-refractivity contribution in [1.29, 1.82) is 0 Å². The first-order valence-electron chi connectivity index (χ1n) is 8.93. The number of guanidine groups is 1. The molecule has 0 saturated heterocycles. The zero-order valence-corrected chi connectivity index (χ0v) is 19.6. The van der Waals surface area contributed by atoms with E-state index in [4.69, 9.17) is 0 Å². The summed E-state index contributed by atoms with van der Waals surface area (Å²) in [6, 6.07) is 5.89. The van der Waals surface area contributed by atoms with Crippen LogP contribution in [0.2, 0.25) is 0 Å². The van der Waals surface area contributed by atoms with Crippen molar-refractivity contribution in [2.75, 3.05) is 31.6 Å². The van der Waals surface area contributed by atoms with Gasteiger partial charge in [-0.15, -0.1) is 24.0 Å². The molecule has 0 aliphatic rings. The normalized spacial score (nSPS) is 12.6. The fraction of sp³-hybridized carbons (Fsp3) is 0.556. The van der Waals surface area contributed by atoms with E-state index < -0.39 is 9.84 Å². The Balaban J connectivity index is 0.00000729. The van der Waals surface area contributed by atoms with Crippen molar-refractivity contribution in [1.82, 2.24) is 16.0 Å². The number of aliphatic imine (C=N–C) groups is 1. The highest BCUT2D eigenvalue weighted by atomic mass is 127. The van der Waals surface area contributed by atoms with Gasteiger partial charge in [0, 0.05) is 25.4 Å². The summed E-state index contributed by atoms with van der Waals surface area (Å²) >= 11 is 0. The van der Waals surface area contributed by atoms with Gasteiger partial charge in [-0.2, -0.15) is 0 Å². The monoisotopic (exact) mass is 528 g/mol. The van der Waals surface area contributed by atoms with Crippen molar-refractivity contribution in [2.45, 2.75) is 32.7 Å². The number of benzene rings is 1. The van der Waals surface area contributed by atoms with Gasteiger partial charge in [0.15, 0.2) is 5.96 Å². The summed E-state index contributed by atoms with van der Waals surface area (Å²) in [6.07, 6.45) is 1.81. The molecule has 0 radical (unpaired) electrons. The summed E-state index contributed by atoms with van der Waals surface area (Å²) in [4.78, 5) is 16.2. The minimum atomic E-state index is -3.00. The molecule has 1 aromatic carbocycles. The molecule has 28 heavy (non-hydrogen) atoms. The quantitative estimate of drug-likeness (QED) is 0.185. The molecule has 10 heteroatoms. The van der Waals surface area contributed by atoms with Crippen molar-refractivity contribution in [3.05, 3.63) is 35.6 Å². The van der Waals surface area contributed by atoms with Gasteiger partial charge in [0.05, 0.1) is 18.7 Å². The summed E-state index contributed by atoms with van der Waals surface area (Å²) in [5.74, 6) is 0.112. The molecule has 1 amide bonds. The Kier molecular flexibility index (Phi) is 13.0. The molecule has 0 bridgehead atoms. The predicted octanol–water partition coefficient (Wildman–Crippen LogP) is 1.48. The first-order valence-corrected chi connectivity index (χ1v) is 11.0. The van der Waals surface area contributed by atoms with Gasteiger partial charge in [-0.3, -0.25) is 9.79 Å². The van der Waals surface area contributed by atoms with E-state index in [0.29, 0.717) is 37.6 Å². The fourth-order valence-electron chi connectivity index (χ4n) is 2.27. The highest BCUT2D eigenvalue weighted by Crippen LogP contribution is 2.03.